The average Bonchev–Trinajstić information content (AvgIpc) is 3.08. The van der Waals surface area contributed by atoms with Crippen molar-refractivity contribution in [1.82, 2.24) is 15.3 Å². The average molecular weight is 364 g/mol. The number of carbonyl (C=O) groups excluding carboxylic acids is 1. The number of nitrogens with zero attached hydrogens (tertiary/aromatic N) is 2. The number of rotatable bonds is 6. The minimum Gasteiger partial charge on any atom is -0.342 e. The molecule has 0 aliphatic rings. The van der Waals surface area contributed by atoms with Crippen molar-refractivity contribution in [2.45, 2.75) is 19.9 Å². The highest BCUT2D eigenvalue weighted by molar-refractivity contribution is 5.92. The van der Waals surface area contributed by atoms with Crippen LogP contribution in [0.25, 0.3) is 17.1 Å². The van der Waals surface area contributed by atoms with Gasteiger partial charge in [0.25, 0.3) is 5.69 Å². The molecule has 2 aromatic carbocycles. The Morgan fingerprint density at radius 2 is 1.89 bits per heavy atom. The van der Waals surface area contributed by atoms with Gasteiger partial charge in [0.05, 0.1) is 22.0 Å². The van der Waals surface area contributed by atoms with E-state index in [0.29, 0.717) is 11.4 Å². The Hall–Kier alpha value is -3.48. The standard InChI is InChI=1S/C20H20N4O3/c1-13(2)19(20-21-16-5-3-4-6-17(16)22-20)23-18(25)12-9-14-7-10-15(11-8-14)24(26)27/h3-13,19H,1-2H3,(H,21,22)(H,23,25)/t19-/m0/s1. The molecule has 0 fully saturated rings. The highest BCUT2D eigenvalue weighted by atomic mass is 16.6. The highest BCUT2D eigenvalue weighted by Gasteiger charge is 2.20. The van der Waals surface area contributed by atoms with Crippen LogP contribution in [0.1, 0.15) is 31.3 Å². The smallest absolute Gasteiger partial charge is 0.269 e. The highest BCUT2D eigenvalue weighted by Crippen LogP contribution is 2.22. The molecule has 0 aliphatic carbocycles. The van der Waals surface area contributed by atoms with Gasteiger partial charge in [-0.3, -0.25) is 14.9 Å². The van der Waals surface area contributed by atoms with Gasteiger partial charge in [-0.15, -0.1) is 0 Å². The molecule has 0 radical (unpaired) electrons. The van der Waals surface area contributed by atoms with Crippen LogP contribution in [-0.4, -0.2) is 20.8 Å². The number of benzene rings is 2. The minimum absolute atomic E-state index is 0.0151. The second-order valence-electron chi connectivity index (χ2n) is 6.55. The summed E-state index contributed by atoms with van der Waals surface area (Å²) in [5.74, 6) is 0.595. The zero-order chi connectivity index (χ0) is 19.4. The lowest BCUT2D eigenvalue weighted by atomic mass is 10.0. The van der Waals surface area contributed by atoms with Crippen LogP contribution in [-0.2, 0) is 4.79 Å². The lowest BCUT2D eigenvalue weighted by Gasteiger charge is -2.19. The van der Waals surface area contributed by atoms with Crippen molar-refractivity contribution in [1.29, 1.82) is 0 Å². The lowest BCUT2D eigenvalue weighted by Crippen LogP contribution is -2.31. The molecule has 1 heterocycles. The first-order chi connectivity index (χ1) is 12.9. The van der Waals surface area contributed by atoms with Crippen LogP contribution in [0.2, 0.25) is 0 Å². The normalized spacial score (nSPS) is 12.6. The molecule has 3 aromatic rings. The molecule has 138 valence electrons. The number of non-ortho nitro benzene ring substituents is 1. The van der Waals surface area contributed by atoms with E-state index in [4.69, 9.17) is 0 Å². The van der Waals surface area contributed by atoms with Crippen LogP contribution in [0.15, 0.2) is 54.6 Å². The predicted octanol–water partition coefficient (Wildman–Crippen LogP) is 4.00. The fourth-order valence-corrected chi connectivity index (χ4v) is 2.75. The zero-order valence-corrected chi connectivity index (χ0v) is 15.0. The second-order valence-corrected chi connectivity index (χ2v) is 6.55. The third kappa shape index (κ3) is 4.38. The molecule has 0 unspecified atom stereocenters. The van der Waals surface area contributed by atoms with Crippen LogP contribution >= 0.6 is 0 Å². The second kappa shape index (κ2) is 7.82. The van der Waals surface area contributed by atoms with Crippen molar-refractivity contribution in [2.75, 3.05) is 0 Å². The molecule has 7 nitrogen and oxygen atoms in total. The molecule has 1 atom stereocenters. The van der Waals surface area contributed by atoms with Gasteiger partial charge in [-0.1, -0.05) is 26.0 Å². The number of amides is 1. The monoisotopic (exact) mass is 364 g/mol. The maximum absolute atomic E-state index is 12.3. The number of imidazole rings is 1. The Morgan fingerprint density at radius 3 is 2.52 bits per heavy atom. The van der Waals surface area contributed by atoms with Gasteiger partial charge in [-0.05, 0) is 41.8 Å². The number of para-hydroxylation sites is 2. The molecule has 0 saturated carbocycles. The molecule has 1 aromatic heterocycles. The van der Waals surface area contributed by atoms with E-state index in [2.05, 4.69) is 15.3 Å². The molecule has 27 heavy (non-hydrogen) atoms. The number of nitro groups is 1. The van der Waals surface area contributed by atoms with E-state index < -0.39 is 4.92 Å². The van der Waals surface area contributed by atoms with E-state index in [0.717, 1.165) is 11.0 Å². The maximum atomic E-state index is 12.3. The fourth-order valence-electron chi connectivity index (χ4n) is 2.75. The number of aromatic nitrogens is 2. The van der Waals surface area contributed by atoms with Crippen LogP contribution in [0, 0.1) is 16.0 Å². The van der Waals surface area contributed by atoms with Crippen molar-refractivity contribution in [2.24, 2.45) is 5.92 Å². The number of nitro benzene ring substituents is 1. The van der Waals surface area contributed by atoms with Gasteiger partial charge in [0, 0.05) is 18.2 Å². The number of H-pyrrole nitrogens is 1. The van der Waals surface area contributed by atoms with E-state index in [1.165, 1.54) is 18.2 Å². The van der Waals surface area contributed by atoms with E-state index in [1.807, 2.05) is 38.1 Å². The molecule has 7 heteroatoms. The van der Waals surface area contributed by atoms with Gasteiger partial charge in [-0.2, -0.15) is 0 Å². The third-order valence-electron chi connectivity index (χ3n) is 4.20. The number of hydrogen-bond donors (Lipinski definition) is 2. The lowest BCUT2D eigenvalue weighted by molar-refractivity contribution is -0.384. The van der Waals surface area contributed by atoms with Crippen molar-refractivity contribution in [3.63, 3.8) is 0 Å². The van der Waals surface area contributed by atoms with Gasteiger partial charge in [-0.25, -0.2) is 4.98 Å². The Kier molecular flexibility index (Phi) is 5.30. The van der Waals surface area contributed by atoms with E-state index in [-0.39, 0.29) is 23.6 Å². The molecular weight excluding hydrogens is 344 g/mol. The van der Waals surface area contributed by atoms with E-state index >= 15 is 0 Å². The number of aromatic amines is 1. The molecule has 0 bridgehead atoms. The Morgan fingerprint density at radius 1 is 1.19 bits per heavy atom. The van der Waals surface area contributed by atoms with E-state index in [9.17, 15) is 14.9 Å². The van der Waals surface area contributed by atoms with Gasteiger partial charge in [0.2, 0.25) is 5.91 Å². The first-order valence-corrected chi connectivity index (χ1v) is 8.61. The molecule has 0 aliphatic heterocycles. The number of fused-ring (bicyclic) bond motifs is 1. The summed E-state index contributed by atoms with van der Waals surface area (Å²) in [6, 6.07) is 13.5. The molecule has 2 N–H and O–H groups in total. The number of hydrogen-bond acceptors (Lipinski definition) is 4. The SMILES string of the molecule is CC(C)[C@H](NC(=O)C=Cc1ccc([N+](=O)[O-])cc1)c1nc2ccccc2[nH]1. The van der Waals surface area contributed by atoms with Crippen molar-refractivity contribution < 1.29 is 9.72 Å². The van der Waals surface area contributed by atoms with Crippen LogP contribution in [0.5, 0.6) is 0 Å². The van der Waals surface area contributed by atoms with Gasteiger partial charge in [0.1, 0.15) is 5.82 Å². The summed E-state index contributed by atoms with van der Waals surface area (Å²) in [6.45, 7) is 4.02. The summed E-state index contributed by atoms with van der Waals surface area (Å²) < 4.78 is 0. The largest absolute Gasteiger partial charge is 0.342 e. The van der Waals surface area contributed by atoms with Gasteiger partial charge >= 0.3 is 0 Å². The summed E-state index contributed by atoms with van der Waals surface area (Å²) in [5.41, 5.74) is 2.50. The Labute approximate surface area is 156 Å². The number of carbonyl (C=O) groups is 1. The zero-order valence-electron chi connectivity index (χ0n) is 15.0. The van der Waals surface area contributed by atoms with Crippen molar-refractivity contribution in [3.05, 3.63) is 76.1 Å². The van der Waals surface area contributed by atoms with Crippen LogP contribution in [0.4, 0.5) is 5.69 Å². The minimum atomic E-state index is -0.458. The van der Waals surface area contributed by atoms with E-state index in [1.54, 1.807) is 18.2 Å². The van der Waals surface area contributed by atoms with Gasteiger partial charge in [0.15, 0.2) is 0 Å². The van der Waals surface area contributed by atoms with Gasteiger partial charge < -0.3 is 10.3 Å². The predicted molar refractivity (Wildman–Crippen MR) is 104 cm³/mol. The quantitative estimate of drug-likeness (QED) is 0.392. The first kappa shape index (κ1) is 18.3. The fraction of sp³-hybridized carbons (Fsp3) is 0.200. The summed E-state index contributed by atoms with van der Waals surface area (Å²) in [5, 5.41) is 13.6. The summed E-state index contributed by atoms with van der Waals surface area (Å²) in [6.07, 6.45) is 3.04. The van der Waals surface area contributed by atoms with Crippen LogP contribution in [0.3, 0.4) is 0 Å². The topological polar surface area (TPSA) is 101 Å². The molecular formula is C20H20N4O3. The Balaban J connectivity index is 1.72. The van der Waals surface area contributed by atoms with Crippen molar-refractivity contribution >= 4 is 28.7 Å². The Bertz CT molecular complexity index is 957. The summed E-state index contributed by atoms with van der Waals surface area (Å²) >= 11 is 0. The molecule has 3 rings (SSSR count). The first-order valence-electron chi connectivity index (χ1n) is 8.61. The maximum Gasteiger partial charge on any atom is 0.269 e. The molecule has 1 amide bonds. The molecule has 0 saturated heterocycles. The number of nitrogens with one attached hydrogen (secondary N) is 2. The van der Waals surface area contributed by atoms with Crippen LogP contribution < -0.4 is 5.32 Å². The third-order valence-corrected chi connectivity index (χ3v) is 4.20. The molecule has 0 spiro atoms. The summed E-state index contributed by atoms with van der Waals surface area (Å²) in [4.78, 5) is 30.4. The summed E-state index contributed by atoms with van der Waals surface area (Å²) in [7, 11) is 0. The van der Waals surface area contributed by atoms with Crippen molar-refractivity contribution in [3.8, 4) is 0 Å².